The van der Waals surface area contributed by atoms with Crippen molar-refractivity contribution in [3.05, 3.63) is 60.2 Å². The van der Waals surface area contributed by atoms with Crippen molar-refractivity contribution in [1.82, 2.24) is 10.2 Å². The second kappa shape index (κ2) is 5.76. The highest BCUT2D eigenvalue weighted by Crippen LogP contribution is 2.32. The van der Waals surface area contributed by atoms with Gasteiger partial charge in [0.25, 0.3) is 0 Å². The van der Waals surface area contributed by atoms with Gasteiger partial charge in [-0.25, -0.2) is 0 Å². The molecule has 0 amide bonds. The summed E-state index contributed by atoms with van der Waals surface area (Å²) in [5.41, 5.74) is 0.799. The Labute approximate surface area is 128 Å². The molecule has 0 saturated heterocycles. The minimum absolute atomic E-state index is 0.562. The third-order valence-corrected chi connectivity index (χ3v) is 3.80. The fourth-order valence-electron chi connectivity index (χ4n) is 1.84. The first-order chi connectivity index (χ1) is 10.5. The monoisotopic (exact) mass is 321 g/mol. The molecule has 0 spiro atoms. The molecule has 112 valence electrons. The number of anilines is 2. The fraction of sp³-hybridized carbons (Fsp3) is 0.0667. The quantitative estimate of drug-likeness (QED) is 0.740. The van der Waals surface area contributed by atoms with Crippen molar-refractivity contribution < 1.29 is 13.2 Å². The van der Waals surface area contributed by atoms with Gasteiger partial charge in [-0.3, -0.25) is 0 Å². The number of nitrogens with one attached hydrogen (secondary N) is 1. The summed E-state index contributed by atoms with van der Waals surface area (Å²) in [5, 5.41) is 12.2. The van der Waals surface area contributed by atoms with E-state index in [2.05, 4.69) is 15.5 Å². The van der Waals surface area contributed by atoms with Crippen LogP contribution in [0.15, 0.2) is 54.6 Å². The Morgan fingerprint density at radius 1 is 0.864 bits per heavy atom. The molecule has 1 N–H and O–H groups in total. The molecule has 0 saturated carbocycles. The normalized spacial score (nSPS) is 11.4. The lowest BCUT2D eigenvalue weighted by Gasteiger charge is -2.06. The van der Waals surface area contributed by atoms with Gasteiger partial charge in [0, 0.05) is 11.3 Å². The summed E-state index contributed by atoms with van der Waals surface area (Å²) < 4.78 is 37.6. The van der Waals surface area contributed by atoms with Crippen LogP contribution >= 0.6 is 11.3 Å². The lowest BCUT2D eigenvalue weighted by atomic mass is 10.1. The molecule has 0 aliphatic rings. The highest BCUT2D eigenvalue weighted by molar-refractivity contribution is 7.18. The number of hydrogen-bond acceptors (Lipinski definition) is 4. The van der Waals surface area contributed by atoms with Gasteiger partial charge in [0.15, 0.2) is 0 Å². The standard InChI is InChI=1S/C15H10F3N3S/c16-15(17,18)11-8-6-10(7-9-11)13-20-21-14(22-13)19-12-4-2-1-3-5-12/h1-9H,(H,19,21). The Hall–Kier alpha value is -2.41. The van der Waals surface area contributed by atoms with Crippen LogP contribution in [0.4, 0.5) is 24.0 Å². The zero-order valence-corrected chi connectivity index (χ0v) is 11.9. The highest BCUT2D eigenvalue weighted by atomic mass is 32.1. The molecule has 2 aromatic carbocycles. The summed E-state index contributed by atoms with van der Waals surface area (Å²) in [7, 11) is 0. The van der Waals surface area contributed by atoms with Gasteiger partial charge < -0.3 is 5.32 Å². The Morgan fingerprint density at radius 2 is 1.55 bits per heavy atom. The number of rotatable bonds is 3. The van der Waals surface area contributed by atoms with E-state index in [0.29, 0.717) is 15.7 Å². The molecule has 0 radical (unpaired) electrons. The molecule has 7 heteroatoms. The van der Waals surface area contributed by atoms with Gasteiger partial charge in [-0.05, 0) is 24.3 Å². The van der Waals surface area contributed by atoms with Gasteiger partial charge in [-0.1, -0.05) is 41.7 Å². The molecule has 0 bridgehead atoms. The molecule has 0 atom stereocenters. The van der Waals surface area contributed by atoms with E-state index >= 15 is 0 Å². The second-order valence-corrected chi connectivity index (χ2v) is 5.46. The van der Waals surface area contributed by atoms with Crippen molar-refractivity contribution >= 4 is 22.2 Å². The maximum absolute atomic E-state index is 12.5. The van der Waals surface area contributed by atoms with Crippen LogP contribution in [-0.4, -0.2) is 10.2 Å². The molecule has 22 heavy (non-hydrogen) atoms. The largest absolute Gasteiger partial charge is 0.416 e. The number of hydrogen-bond donors (Lipinski definition) is 1. The molecule has 0 unspecified atom stereocenters. The predicted octanol–water partition coefficient (Wildman–Crippen LogP) is 4.97. The number of benzene rings is 2. The van der Waals surface area contributed by atoms with E-state index in [1.807, 2.05) is 30.3 Å². The SMILES string of the molecule is FC(F)(F)c1ccc(-c2nnc(Nc3ccccc3)s2)cc1. The Bertz CT molecular complexity index is 752. The number of aromatic nitrogens is 2. The van der Waals surface area contributed by atoms with E-state index in [4.69, 9.17) is 0 Å². The van der Waals surface area contributed by atoms with E-state index in [1.165, 1.54) is 23.5 Å². The predicted molar refractivity (Wildman–Crippen MR) is 80.1 cm³/mol. The van der Waals surface area contributed by atoms with Gasteiger partial charge in [0.05, 0.1) is 5.56 Å². The third-order valence-electron chi connectivity index (χ3n) is 2.91. The van der Waals surface area contributed by atoms with Crippen LogP contribution in [0.1, 0.15) is 5.56 Å². The van der Waals surface area contributed by atoms with Crippen molar-refractivity contribution in [2.45, 2.75) is 6.18 Å². The minimum Gasteiger partial charge on any atom is -0.330 e. The van der Waals surface area contributed by atoms with E-state index in [-0.39, 0.29) is 0 Å². The molecule has 3 rings (SSSR count). The van der Waals surface area contributed by atoms with Crippen LogP contribution in [0.2, 0.25) is 0 Å². The molecule has 1 aromatic heterocycles. The van der Waals surface area contributed by atoms with Crippen molar-refractivity contribution in [3.8, 4) is 10.6 Å². The zero-order chi connectivity index (χ0) is 15.6. The van der Waals surface area contributed by atoms with E-state index in [9.17, 15) is 13.2 Å². The maximum atomic E-state index is 12.5. The Kier molecular flexibility index (Phi) is 3.81. The summed E-state index contributed by atoms with van der Waals surface area (Å²) in [4.78, 5) is 0. The number of nitrogens with zero attached hydrogens (tertiary/aromatic N) is 2. The highest BCUT2D eigenvalue weighted by Gasteiger charge is 2.30. The lowest BCUT2D eigenvalue weighted by Crippen LogP contribution is -2.03. The Balaban J connectivity index is 1.79. The average molecular weight is 321 g/mol. The summed E-state index contributed by atoms with van der Waals surface area (Å²) in [6.07, 6.45) is -4.33. The van der Waals surface area contributed by atoms with Crippen molar-refractivity contribution in [2.24, 2.45) is 0 Å². The van der Waals surface area contributed by atoms with Crippen molar-refractivity contribution in [1.29, 1.82) is 0 Å². The topological polar surface area (TPSA) is 37.8 Å². The molecule has 0 fully saturated rings. The average Bonchev–Trinajstić information content (AvgIpc) is 2.96. The van der Waals surface area contributed by atoms with Gasteiger partial charge in [0.1, 0.15) is 5.01 Å². The smallest absolute Gasteiger partial charge is 0.330 e. The fourth-order valence-corrected chi connectivity index (χ4v) is 2.61. The summed E-state index contributed by atoms with van der Waals surface area (Å²) in [6, 6.07) is 14.3. The summed E-state index contributed by atoms with van der Waals surface area (Å²) in [6.45, 7) is 0. The molecular weight excluding hydrogens is 311 g/mol. The van der Waals surface area contributed by atoms with Crippen LogP contribution in [0.25, 0.3) is 10.6 Å². The summed E-state index contributed by atoms with van der Waals surface area (Å²) in [5.74, 6) is 0. The molecule has 0 aliphatic carbocycles. The third kappa shape index (κ3) is 3.25. The summed E-state index contributed by atoms with van der Waals surface area (Å²) >= 11 is 1.28. The lowest BCUT2D eigenvalue weighted by molar-refractivity contribution is -0.137. The second-order valence-electron chi connectivity index (χ2n) is 4.48. The molecule has 3 aromatic rings. The van der Waals surface area contributed by atoms with Crippen LogP contribution < -0.4 is 5.32 Å². The van der Waals surface area contributed by atoms with Crippen molar-refractivity contribution in [2.75, 3.05) is 5.32 Å². The number of para-hydroxylation sites is 1. The molecular formula is C15H10F3N3S. The van der Waals surface area contributed by atoms with Gasteiger partial charge in [-0.2, -0.15) is 13.2 Å². The van der Waals surface area contributed by atoms with Crippen LogP contribution in [0.5, 0.6) is 0 Å². The van der Waals surface area contributed by atoms with E-state index < -0.39 is 11.7 Å². The van der Waals surface area contributed by atoms with Crippen LogP contribution in [-0.2, 0) is 6.18 Å². The van der Waals surface area contributed by atoms with Gasteiger partial charge in [-0.15, -0.1) is 10.2 Å². The van der Waals surface area contributed by atoms with Crippen molar-refractivity contribution in [3.63, 3.8) is 0 Å². The Morgan fingerprint density at radius 3 is 2.18 bits per heavy atom. The molecule has 1 heterocycles. The van der Waals surface area contributed by atoms with Gasteiger partial charge >= 0.3 is 6.18 Å². The maximum Gasteiger partial charge on any atom is 0.416 e. The van der Waals surface area contributed by atoms with E-state index in [1.54, 1.807) is 0 Å². The van der Waals surface area contributed by atoms with E-state index in [0.717, 1.165) is 17.8 Å². The number of alkyl halides is 3. The first-order valence-electron chi connectivity index (χ1n) is 6.35. The minimum atomic E-state index is -4.33. The first kappa shape index (κ1) is 14.5. The van der Waals surface area contributed by atoms with Crippen LogP contribution in [0.3, 0.4) is 0 Å². The zero-order valence-electron chi connectivity index (χ0n) is 11.1. The molecule has 0 aliphatic heterocycles. The van der Waals surface area contributed by atoms with Crippen LogP contribution in [0, 0.1) is 0 Å². The first-order valence-corrected chi connectivity index (χ1v) is 7.17. The van der Waals surface area contributed by atoms with Gasteiger partial charge in [0.2, 0.25) is 5.13 Å². The molecule has 3 nitrogen and oxygen atoms in total. The number of halogens is 3.